The molecule has 2 aromatic carbocycles. The van der Waals surface area contributed by atoms with Crippen molar-refractivity contribution in [2.45, 2.75) is 6.42 Å². The predicted octanol–water partition coefficient (Wildman–Crippen LogP) is 3.14. The molecule has 0 aliphatic heterocycles. The largest absolute Gasteiger partial charge is 0.493 e. The Hall–Kier alpha value is -2.44. The minimum atomic E-state index is -0.162. The highest BCUT2D eigenvalue weighted by molar-refractivity contribution is 6.30. The van der Waals surface area contributed by atoms with Crippen molar-refractivity contribution in [2.75, 3.05) is 39.7 Å². The van der Waals surface area contributed by atoms with Gasteiger partial charge in [0.05, 0.1) is 27.9 Å². The number of hydrogen-bond acceptors (Lipinski definition) is 5. The average Bonchev–Trinajstić information content (AvgIpc) is 2.64. The van der Waals surface area contributed by atoms with Gasteiger partial charge in [0.25, 0.3) is 0 Å². The molecule has 0 saturated carbocycles. The van der Waals surface area contributed by atoms with Gasteiger partial charge in [0.1, 0.15) is 0 Å². The van der Waals surface area contributed by atoms with E-state index < -0.39 is 0 Å². The number of hydrogen-bond donors (Lipinski definition) is 2. The van der Waals surface area contributed by atoms with Crippen LogP contribution in [0.5, 0.6) is 17.2 Å². The van der Waals surface area contributed by atoms with Crippen molar-refractivity contribution in [3.8, 4) is 17.2 Å². The van der Waals surface area contributed by atoms with E-state index in [9.17, 15) is 4.79 Å². The highest BCUT2D eigenvalue weighted by atomic mass is 35.5. The van der Waals surface area contributed by atoms with E-state index in [4.69, 9.17) is 25.8 Å². The van der Waals surface area contributed by atoms with Crippen LogP contribution in [-0.2, 0) is 11.2 Å². The van der Waals surface area contributed by atoms with Crippen LogP contribution in [0.3, 0.4) is 0 Å². The molecule has 0 aliphatic carbocycles. The fraction of sp³-hybridized carbons (Fsp3) is 0.316. The molecule has 0 spiro atoms. The Morgan fingerprint density at radius 1 is 1.04 bits per heavy atom. The zero-order valence-electron chi connectivity index (χ0n) is 15.1. The van der Waals surface area contributed by atoms with Crippen molar-refractivity contribution in [2.24, 2.45) is 0 Å². The molecular weight excluding hydrogens is 356 g/mol. The first kappa shape index (κ1) is 19.9. The van der Waals surface area contributed by atoms with Crippen LogP contribution in [0.2, 0.25) is 5.02 Å². The summed E-state index contributed by atoms with van der Waals surface area (Å²) in [5.41, 5.74) is 1.69. The summed E-state index contributed by atoms with van der Waals surface area (Å²) in [5, 5.41) is 6.63. The number of benzene rings is 2. The van der Waals surface area contributed by atoms with Gasteiger partial charge in [0, 0.05) is 22.8 Å². The van der Waals surface area contributed by atoms with Crippen molar-refractivity contribution in [3.63, 3.8) is 0 Å². The molecule has 0 radical (unpaired) electrons. The van der Waals surface area contributed by atoms with Gasteiger partial charge in [-0.25, -0.2) is 0 Å². The monoisotopic (exact) mass is 378 g/mol. The molecule has 0 aromatic heterocycles. The van der Waals surface area contributed by atoms with Gasteiger partial charge in [-0.3, -0.25) is 4.79 Å². The first-order valence-electron chi connectivity index (χ1n) is 8.12. The molecule has 26 heavy (non-hydrogen) atoms. The fourth-order valence-corrected chi connectivity index (χ4v) is 2.70. The minimum absolute atomic E-state index is 0.162. The number of halogens is 1. The third kappa shape index (κ3) is 5.54. The van der Waals surface area contributed by atoms with Gasteiger partial charge < -0.3 is 24.8 Å². The maximum absolute atomic E-state index is 12.1. The average molecular weight is 379 g/mol. The van der Waals surface area contributed by atoms with Crippen LogP contribution < -0.4 is 24.8 Å². The molecule has 6 nitrogen and oxygen atoms in total. The van der Waals surface area contributed by atoms with Gasteiger partial charge in [-0.15, -0.1) is 0 Å². The lowest BCUT2D eigenvalue weighted by Crippen LogP contribution is -2.29. The summed E-state index contributed by atoms with van der Waals surface area (Å²) < 4.78 is 15.8. The zero-order valence-corrected chi connectivity index (χ0v) is 15.9. The highest BCUT2D eigenvalue weighted by Gasteiger charge is 2.14. The SMILES string of the molecule is COc1cc(NC(=O)CNCCc2cccc(Cl)c2)cc(OC)c1OC. The van der Waals surface area contributed by atoms with Crippen LogP contribution in [0.4, 0.5) is 5.69 Å². The quantitative estimate of drug-likeness (QED) is 0.656. The van der Waals surface area contributed by atoms with Crippen molar-refractivity contribution >= 4 is 23.2 Å². The van der Waals surface area contributed by atoms with E-state index in [1.807, 2.05) is 24.3 Å². The van der Waals surface area contributed by atoms with Gasteiger partial charge in [-0.1, -0.05) is 23.7 Å². The molecule has 0 unspecified atom stereocenters. The van der Waals surface area contributed by atoms with Crippen LogP contribution in [0.1, 0.15) is 5.56 Å². The number of anilines is 1. The molecule has 0 atom stereocenters. The van der Waals surface area contributed by atoms with E-state index in [0.29, 0.717) is 34.5 Å². The molecular formula is C19H23ClN2O4. The molecule has 2 rings (SSSR count). The molecule has 0 fully saturated rings. The standard InChI is InChI=1S/C19H23ClN2O4/c1-24-16-10-15(11-17(25-2)19(16)26-3)22-18(23)12-21-8-7-13-5-4-6-14(20)9-13/h4-6,9-11,21H,7-8,12H2,1-3H3,(H,22,23). The highest BCUT2D eigenvalue weighted by Crippen LogP contribution is 2.39. The Balaban J connectivity index is 1.87. The molecule has 0 saturated heterocycles. The van der Waals surface area contributed by atoms with E-state index >= 15 is 0 Å². The van der Waals surface area contributed by atoms with Gasteiger partial charge in [-0.05, 0) is 30.7 Å². The summed E-state index contributed by atoms with van der Waals surface area (Å²) in [4.78, 5) is 12.1. The third-order valence-corrected chi connectivity index (χ3v) is 3.95. The molecule has 2 aromatic rings. The van der Waals surface area contributed by atoms with Crippen molar-refractivity contribution in [1.29, 1.82) is 0 Å². The van der Waals surface area contributed by atoms with Crippen molar-refractivity contribution < 1.29 is 19.0 Å². The normalized spacial score (nSPS) is 10.3. The predicted molar refractivity (Wildman–Crippen MR) is 103 cm³/mol. The van der Waals surface area contributed by atoms with Gasteiger partial charge in [0.15, 0.2) is 11.5 Å². The minimum Gasteiger partial charge on any atom is -0.493 e. The van der Waals surface area contributed by atoms with Crippen molar-refractivity contribution in [1.82, 2.24) is 5.32 Å². The van der Waals surface area contributed by atoms with Crippen molar-refractivity contribution in [3.05, 3.63) is 47.0 Å². The first-order valence-corrected chi connectivity index (χ1v) is 8.50. The van der Waals surface area contributed by atoms with Crippen LogP contribution in [0.25, 0.3) is 0 Å². The summed E-state index contributed by atoms with van der Waals surface area (Å²) in [6.45, 7) is 0.861. The number of carbonyl (C=O) groups is 1. The summed E-state index contributed by atoms with van der Waals surface area (Å²) >= 11 is 5.96. The number of rotatable bonds is 9. The van der Waals surface area contributed by atoms with Crippen LogP contribution in [0.15, 0.2) is 36.4 Å². The Morgan fingerprint density at radius 2 is 1.73 bits per heavy atom. The smallest absolute Gasteiger partial charge is 0.238 e. The Morgan fingerprint density at radius 3 is 2.31 bits per heavy atom. The topological polar surface area (TPSA) is 68.8 Å². The maximum Gasteiger partial charge on any atom is 0.238 e. The summed E-state index contributed by atoms with van der Waals surface area (Å²) in [5.74, 6) is 1.28. The molecule has 0 bridgehead atoms. The Kier molecular flexibility index (Phi) is 7.56. The van der Waals surface area contributed by atoms with Crippen LogP contribution >= 0.6 is 11.6 Å². The zero-order chi connectivity index (χ0) is 18.9. The molecule has 2 N–H and O–H groups in total. The van der Waals surface area contributed by atoms with E-state index in [0.717, 1.165) is 12.0 Å². The van der Waals surface area contributed by atoms with Gasteiger partial charge in [0.2, 0.25) is 11.7 Å². The second-order valence-electron chi connectivity index (χ2n) is 5.52. The molecule has 7 heteroatoms. The Labute approximate surface area is 158 Å². The Bertz CT molecular complexity index is 727. The number of carbonyl (C=O) groups excluding carboxylic acids is 1. The van der Waals surface area contributed by atoms with Gasteiger partial charge in [-0.2, -0.15) is 0 Å². The number of methoxy groups -OCH3 is 3. The second-order valence-corrected chi connectivity index (χ2v) is 5.96. The number of amides is 1. The van der Waals surface area contributed by atoms with E-state index in [2.05, 4.69) is 10.6 Å². The summed E-state index contributed by atoms with van der Waals surface area (Å²) in [6.07, 6.45) is 0.790. The number of nitrogens with one attached hydrogen (secondary N) is 2. The van der Waals surface area contributed by atoms with E-state index in [-0.39, 0.29) is 12.5 Å². The molecule has 0 aliphatic rings. The lowest BCUT2D eigenvalue weighted by molar-refractivity contribution is -0.115. The number of ether oxygens (including phenoxy) is 3. The molecule has 140 valence electrons. The maximum atomic E-state index is 12.1. The fourth-order valence-electron chi connectivity index (χ4n) is 2.49. The first-order chi connectivity index (χ1) is 12.6. The summed E-state index contributed by atoms with van der Waals surface area (Å²) in [7, 11) is 4.59. The molecule has 0 heterocycles. The van der Waals surface area contributed by atoms with Crippen LogP contribution in [0, 0.1) is 0 Å². The van der Waals surface area contributed by atoms with Crippen LogP contribution in [-0.4, -0.2) is 40.3 Å². The molecule has 1 amide bonds. The second kappa shape index (κ2) is 9.89. The summed E-state index contributed by atoms with van der Waals surface area (Å²) in [6, 6.07) is 11.0. The lowest BCUT2D eigenvalue weighted by Gasteiger charge is -2.14. The lowest BCUT2D eigenvalue weighted by atomic mass is 10.1. The van der Waals surface area contributed by atoms with E-state index in [1.165, 1.54) is 21.3 Å². The van der Waals surface area contributed by atoms with Gasteiger partial charge >= 0.3 is 0 Å². The third-order valence-electron chi connectivity index (χ3n) is 3.71. The van der Waals surface area contributed by atoms with E-state index in [1.54, 1.807) is 12.1 Å².